The number of aromatic nitrogens is 1. The van der Waals surface area contributed by atoms with Crippen LogP contribution in [0.5, 0.6) is 0 Å². The number of hydrogen-bond donors (Lipinski definition) is 0. The van der Waals surface area contributed by atoms with Crippen molar-refractivity contribution in [3.8, 4) is 12.0 Å². The monoisotopic (exact) mass is 192 g/mol. The number of isothiocyanates is 1. The Morgan fingerprint density at radius 1 is 1.62 bits per heavy atom. The van der Waals surface area contributed by atoms with Crippen LogP contribution in [-0.2, 0) is 0 Å². The third-order valence-electron chi connectivity index (χ3n) is 1.33. The summed E-state index contributed by atoms with van der Waals surface area (Å²) in [6.07, 6.45) is 1.48. The van der Waals surface area contributed by atoms with Gasteiger partial charge in [-0.1, -0.05) is 0 Å². The molecule has 0 aromatic carbocycles. The molecule has 1 rings (SSSR count). The van der Waals surface area contributed by atoms with Gasteiger partial charge in [-0.25, -0.2) is 4.39 Å². The first-order chi connectivity index (χ1) is 6.24. The molecule has 0 fully saturated rings. The molecule has 0 saturated heterocycles. The molecule has 0 aliphatic carbocycles. The van der Waals surface area contributed by atoms with Crippen molar-refractivity contribution in [2.24, 2.45) is 4.99 Å². The number of pyridine rings is 1. The van der Waals surface area contributed by atoms with Crippen molar-refractivity contribution < 1.29 is 4.39 Å². The molecule has 1 aromatic heterocycles. The van der Waals surface area contributed by atoms with Crippen LogP contribution in [-0.4, -0.2) is 10.1 Å². The first kappa shape index (κ1) is 9.53. The third-order valence-corrected chi connectivity index (χ3v) is 1.42. The lowest BCUT2D eigenvalue weighted by atomic mass is 10.2. The number of rotatable bonds is 0. The molecule has 64 valence electrons. The number of thiocarbonyl (C=S) groups is 1. The minimum Gasteiger partial charge on any atom is -0.257 e. The molecular formula is C9H5FN2S. The van der Waals surface area contributed by atoms with Crippen molar-refractivity contribution >= 4 is 17.4 Å². The lowest BCUT2D eigenvalue weighted by Crippen LogP contribution is -1.88. The van der Waals surface area contributed by atoms with E-state index in [0.29, 0.717) is 11.3 Å². The molecular weight excluding hydrogens is 187 g/mol. The summed E-state index contributed by atoms with van der Waals surface area (Å²) in [7, 11) is 0. The van der Waals surface area contributed by atoms with Crippen molar-refractivity contribution in [1.29, 1.82) is 0 Å². The fraction of sp³-hybridized carbons (Fsp3) is 0.111. The number of nitrogens with zero attached hydrogens (tertiary/aromatic N) is 2. The topological polar surface area (TPSA) is 25.2 Å². The number of aryl methyl sites for hydroxylation is 1. The van der Waals surface area contributed by atoms with E-state index in [-0.39, 0.29) is 5.82 Å². The summed E-state index contributed by atoms with van der Waals surface area (Å²) >= 11 is 4.31. The van der Waals surface area contributed by atoms with Crippen LogP contribution in [0, 0.1) is 24.7 Å². The van der Waals surface area contributed by atoms with Crippen LogP contribution in [0.4, 0.5) is 4.39 Å². The molecule has 0 saturated carbocycles. The highest BCUT2D eigenvalue weighted by Gasteiger charge is 1.97. The van der Waals surface area contributed by atoms with Gasteiger partial charge in [0.2, 0.25) is 0 Å². The maximum absolute atomic E-state index is 12.9. The summed E-state index contributed by atoms with van der Waals surface area (Å²) < 4.78 is 12.9. The van der Waals surface area contributed by atoms with Crippen molar-refractivity contribution in [3.63, 3.8) is 0 Å². The molecule has 4 heteroatoms. The third kappa shape index (κ3) is 2.75. The SMILES string of the molecule is Cc1ncc(C#CN=C=S)cc1F. The Kier molecular flexibility index (Phi) is 3.27. The van der Waals surface area contributed by atoms with Gasteiger partial charge in [-0.05, 0) is 31.1 Å². The number of aliphatic imine (C=N–C) groups is 1. The maximum atomic E-state index is 12.9. The van der Waals surface area contributed by atoms with Gasteiger partial charge in [0.25, 0.3) is 0 Å². The second-order valence-corrected chi connectivity index (χ2v) is 2.41. The quantitative estimate of drug-likeness (QED) is 0.356. The van der Waals surface area contributed by atoms with Crippen LogP contribution in [0.1, 0.15) is 11.3 Å². The molecule has 0 N–H and O–H groups in total. The summed E-state index contributed by atoms with van der Waals surface area (Å²) in [6, 6.07) is 3.65. The maximum Gasteiger partial charge on any atom is 0.145 e. The van der Waals surface area contributed by atoms with Gasteiger partial charge in [0.05, 0.1) is 16.9 Å². The highest BCUT2D eigenvalue weighted by molar-refractivity contribution is 7.78. The van der Waals surface area contributed by atoms with Gasteiger partial charge < -0.3 is 0 Å². The first-order valence-electron chi connectivity index (χ1n) is 3.44. The summed E-state index contributed by atoms with van der Waals surface area (Å²) in [5.74, 6) is 2.19. The van der Waals surface area contributed by atoms with Crippen molar-refractivity contribution in [3.05, 3.63) is 29.3 Å². The summed E-state index contributed by atoms with van der Waals surface area (Å²) in [6.45, 7) is 1.59. The molecule has 1 heterocycles. The molecule has 0 radical (unpaired) electrons. The van der Waals surface area contributed by atoms with Crippen LogP contribution in [0.2, 0.25) is 0 Å². The van der Waals surface area contributed by atoms with Crippen molar-refractivity contribution in [1.82, 2.24) is 4.98 Å². The van der Waals surface area contributed by atoms with Crippen LogP contribution in [0.3, 0.4) is 0 Å². The Bertz CT molecular complexity index is 425. The molecule has 13 heavy (non-hydrogen) atoms. The zero-order valence-electron chi connectivity index (χ0n) is 6.84. The van der Waals surface area contributed by atoms with E-state index in [1.54, 1.807) is 6.92 Å². The second-order valence-electron chi connectivity index (χ2n) is 2.23. The zero-order valence-corrected chi connectivity index (χ0v) is 7.65. The van der Waals surface area contributed by atoms with E-state index >= 15 is 0 Å². The molecule has 1 aromatic rings. The second kappa shape index (κ2) is 4.46. The Balaban J connectivity index is 3.00. The molecule has 0 spiro atoms. The van der Waals surface area contributed by atoms with Crippen LogP contribution < -0.4 is 0 Å². The Morgan fingerprint density at radius 3 is 3.00 bits per heavy atom. The Morgan fingerprint density at radius 2 is 2.38 bits per heavy atom. The fourth-order valence-corrected chi connectivity index (χ4v) is 0.736. The van der Waals surface area contributed by atoms with Crippen LogP contribution in [0.15, 0.2) is 17.3 Å². The van der Waals surface area contributed by atoms with E-state index in [1.165, 1.54) is 12.3 Å². The van der Waals surface area contributed by atoms with Crippen molar-refractivity contribution in [2.75, 3.05) is 0 Å². The highest BCUT2D eigenvalue weighted by atomic mass is 32.1. The van der Waals surface area contributed by atoms with E-state index in [1.807, 2.05) is 0 Å². The predicted octanol–water partition coefficient (Wildman–Crippen LogP) is 1.94. The Hall–Kier alpha value is -1.56. The molecule has 0 bridgehead atoms. The van der Waals surface area contributed by atoms with Crippen LogP contribution in [0.25, 0.3) is 0 Å². The molecule has 0 aliphatic heterocycles. The average molecular weight is 192 g/mol. The van der Waals surface area contributed by atoms with Gasteiger partial charge in [0, 0.05) is 11.8 Å². The van der Waals surface area contributed by atoms with E-state index in [4.69, 9.17) is 0 Å². The van der Waals surface area contributed by atoms with E-state index in [9.17, 15) is 4.39 Å². The van der Waals surface area contributed by atoms with Crippen LogP contribution >= 0.6 is 12.2 Å². The minimum absolute atomic E-state index is 0.351. The molecule has 0 aliphatic rings. The lowest BCUT2D eigenvalue weighted by Gasteiger charge is -1.93. The molecule has 2 nitrogen and oxygen atoms in total. The number of hydrogen-bond acceptors (Lipinski definition) is 3. The van der Waals surface area contributed by atoms with Gasteiger partial charge >= 0.3 is 0 Å². The smallest absolute Gasteiger partial charge is 0.145 e. The average Bonchev–Trinajstić information content (AvgIpc) is 2.12. The summed E-state index contributed by atoms with van der Waals surface area (Å²) in [4.78, 5) is 7.16. The van der Waals surface area contributed by atoms with E-state index < -0.39 is 0 Å². The minimum atomic E-state index is -0.377. The van der Waals surface area contributed by atoms with Gasteiger partial charge in [0.15, 0.2) is 0 Å². The standard InChI is InChI=1S/C9H5FN2S/c1-7-9(10)4-8(5-12-7)2-3-11-6-13/h4-5H,1H3. The molecule has 0 unspecified atom stereocenters. The van der Waals surface area contributed by atoms with Gasteiger partial charge in [-0.2, -0.15) is 0 Å². The first-order valence-corrected chi connectivity index (χ1v) is 3.85. The number of halogens is 1. The van der Waals surface area contributed by atoms with E-state index in [0.717, 1.165) is 0 Å². The molecule has 0 atom stereocenters. The zero-order chi connectivity index (χ0) is 9.68. The van der Waals surface area contributed by atoms with Gasteiger partial charge in [-0.15, -0.1) is 4.99 Å². The van der Waals surface area contributed by atoms with Gasteiger partial charge in [0.1, 0.15) is 5.82 Å². The predicted molar refractivity (Wildman–Crippen MR) is 50.8 cm³/mol. The summed E-state index contributed by atoms with van der Waals surface area (Å²) in [5.41, 5.74) is 0.820. The van der Waals surface area contributed by atoms with E-state index in [2.05, 4.69) is 39.3 Å². The van der Waals surface area contributed by atoms with Gasteiger partial charge in [-0.3, -0.25) is 4.98 Å². The van der Waals surface area contributed by atoms with Crippen molar-refractivity contribution in [2.45, 2.75) is 6.92 Å². The summed E-state index contributed by atoms with van der Waals surface area (Å²) in [5, 5.41) is 2.08. The largest absolute Gasteiger partial charge is 0.257 e. The fourth-order valence-electron chi connectivity index (χ4n) is 0.690. The lowest BCUT2D eigenvalue weighted by molar-refractivity contribution is 0.609. The Labute approximate surface area is 80.5 Å². The normalized spacial score (nSPS) is 8.15. The molecule has 0 amide bonds. The highest BCUT2D eigenvalue weighted by Crippen LogP contribution is 2.03.